The third-order valence-corrected chi connectivity index (χ3v) is 7.50. The fraction of sp³-hybridized carbons (Fsp3) is 0.273. The molecule has 0 atom stereocenters. The minimum Gasteiger partial charge on any atom is -0.461 e. The molecule has 196 valence electrons. The number of esters is 1. The third kappa shape index (κ3) is 4.39. The van der Waals surface area contributed by atoms with Crippen molar-refractivity contribution in [1.82, 2.24) is 14.3 Å². The summed E-state index contributed by atoms with van der Waals surface area (Å²) in [6, 6.07) is 20.6. The minimum absolute atomic E-state index is 0.295. The van der Waals surface area contributed by atoms with Crippen LogP contribution in [0.5, 0.6) is 0 Å². The molecule has 0 radical (unpaired) electrons. The maximum absolute atomic E-state index is 13.6. The third-order valence-electron chi connectivity index (χ3n) is 7.50. The van der Waals surface area contributed by atoms with Crippen molar-refractivity contribution in [2.75, 3.05) is 13.2 Å². The van der Waals surface area contributed by atoms with Crippen LogP contribution in [0.15, 0.2) is 60.7 Å². The van der Waals surface area contributed by atoms with Crippen molar-refractivity contribution in [3.05, 3.63) is 88.9 Å². The van der Waals surface area contributed by atoms with Crippen LogP contribution in [0.2, 0.25) is 0 Å². The second kappa shape index (κ2) is 10.4. The summed E-state index contributed by atoms with van der Waals surface area (Å²) in [6.45, 7) is 5.96. The Morgan fingerprint density at radius 3 is 2.69 bits per heavy atom. The molecule has 3 aromatic carbocycles. The average Bonchev–Trinajstić information content (AvgIpc) is 3.41. The Kier molecular flexibility index (Phi) is 6.68. The Labute approximate surface area is 228 Å². The van der Waals surface area contributed by atoms with E-state index >= 15 is 0 Å². The predicted octanol–water partition coefficient (Wildman–Crippen LogP) is 6.39. The monoisotopic (exact) mass is 517 g/mol. The van der Waals surface area contributed by atoms with Crippen molar-refractivity contribution in [3.8, 4) is 23.0 Å². The van der Waals surface area contributed by atoms with Gasteiger partial charge in [0.05, 0.1) is 30.0 Å². The first kappa shape index (κ1) is 25.0. The summed E-state index contributed by atoms with van der Waals surface area (Å²) in [4.78, 5) is 13.6. The highest BCUT2D eigenvalue weighted by molar-refractivity contribution is 6.06. The lowest BCUT2D eigenvalue weighted by Gasteiger charge is -2.13. The van der Waals surface area contributed by atoms with Crippen LogP contribution in [0, 0.1) is 18.8 Å². The summed E-state index contributed by atoms with van der Waals surface area (Å²) < 4.78 is 15.6. The fourth-order valence-electron chi connectivity index (χ4n) is 5.61. The van der Waals surface area contributed by atoms with E-state index < -0.39 is 0 Å². The summed E-state index contributed by atoms with van der Waals surface area (Å²) in [5.41, 5.74) is 7.16. The highest BCUT2D eigenvalue weighted by atomic mass is 16.5. The van der Waals surface area contributed by atoms with E-state index in [4.69, 9.17) is 14.6 Å². The molecule has 6 nitrogen and oxygen atoms in total. The molecule has 0 amide bonds. The van der Waals surface area contributed by atoms with Crippen molar-refractivity contribution >= 4 is 27.6 Å². The number of carbonyl (C=O) groups excluding carboxylic acids is 1. The second-order valence-electron chi connectivity index (χ2n) is 9.86. The lowest BCUT2D eigenvalue weighted by molar-refractivity contribution is 0.0513. The van der Waals surface area contributed by atoms with E-state index in [9.17, 15) is 4.79 Å². The van der Waals surface area contributed by atoms with Gasteiger partial charge in [-0.2, -0.15) is 5.10 Å². The summed E-state index contributed by atoms with van der Waals surface area (Å²) in [6.07, 6.45) is 1.74. The largest absolute Gasteiger partial charge is 0.461 e. The molecule has 0 N–H and O–H groups in total. The number of hydrogen-bond acceptors (Lipinski definition) is 4. The molecule has 0 saturated heterocycles. The van der Waals surface area contributed by atoms with Gasteiger partial charge in [-0.3, -0.25) is 4.68 Å². The van der Waals surface area contributed by atoms with Gasteiger partial charge < -0.3 is 14.0 Å². The number of hydrogen-bond donors (Lipinski definition) is 0. The Bertz CT molecular complexity index is 1780. The first-order valence-electron chi connectivity index (χ1n) is 13.5. The summed E-state index contributed by atoms with van der Waals surface area (Å²) in [7, 11) is 1.96. The standard InChI is InChI=1S/C33H31N3O3/c1-4-39-33(37)32-27(18-17-24-13-9-12-23-11-5-6-14-25(23)24)26-15-10-16-28-30-22(2)35(3)34-29(30)21-38-20-8-7-19-36(32)31(26)28/h5-6,9-16H,4,7-8,19-21H2,1-3H3. The van der Waals surface area contributed by atoms with E-state index in [1.54, 1.807) is 0 Å². The van der Waals surface area contributed by atoms with Gasteiger partial charge in [0, 0.05) is 48.0 Å². The molecule has 39 heavy (non-hydrogen) atoms. The molecular formula is C33H31N3O3. The van der Waals surface area contributed by atoms with E-state index in [0.29, 0.717) is 37.6 Å². The minimum atomic E-state index is -0.351. The van der Waals surface area contributed by atoms with E-state index in [1.165, 1.54) is 0 Å². The van der Waals surface area contributed by atoms with Gasteiger partial charge in [-0.15, -0.1) is 0 Å². The molecule has 0 saturated carbocycles. The predicted molar refractivity (Wildman–Crippen MR) is 154 cm³/mol. The molecule has 5 aromatic rings. The number of carbonyl (C=O) groups is 1. The Balaban J connectivity index is 1.67. The van der Waals surface area contributed by atoms with Crippen molar-refractivity contribution in [2.45, 2.75) is 39.8 Å². The van der Waals surface area contributed by atoms with E-state index in [-0.39, 0.29) is 5.97 Å². The lowest BCUT2D eigenvalue weighted by atomic mass is 9.99. The normalized spacial score (nSPS) is 13.4. The highest BCUT2D eigenvalue weighted by Gasteiger charge is 2.27. The van der Waals surface area contributed by atoms with Crippen LogP contribution in [0.1, 0.15) is 52.8 Å². The number of nitrogens with zero attached hydrogens (tertiary/aromatic N) is 3. The van der Waals surface area contributed by atoms with Crippen LogP contribution < -0.4 is 0 Å². The Morgan fingerprint density at radius 2 is 1.82 bits per heavy atom. The van der Waals surface area contributed by atoms with Crippen molar-refractivity contribution in [1.29, 1.82) is 0 Å². The number of para-hydroxylation sites is 1. The van der Waals surface area contributed by atoms with Gasteiger partial charge in [-0.1, -0.05) is 66.4 Å². The maximum Gasteiger partial charge on any atom is 0.356 e. The van der Waals surface area contributed by atoms with Crippen LogP contribution in [0.25, 0.3) is 32.8 Å². The molecule has 3 heterocycles. The van der Waals surface area contributed by atoms with Crippen LogP contribution in [-0.4, -0.2) is 33.5 Å². The summed E-state index contributed by atoms with van der Waals surface area (Å²) in [5.74, 6) is 6.48. The van der Waals surface area contributed by atoms with E-state index in [2.05, 4.69) is 53.7 Å². The van der Waals surface area contributed by atoms with Crippen molar-refractivity contribution in [3.63, 3.8) is 0 Å². The number of benzene rings is 3. The fourth-order valence-corrected chi connectivity index (χ4v) is 5.61. The van der Waals surface area contributed by atoms with Gasteiger partial charge in [-0.05, 0) is 43.5 Å². The molecule has 0 fully saturated rings. The summed E-state index contributed by atoms with van der Waals surface area (Å²) in [5, 5.41) is 7.94. The van der Waals surface area contributed by atoms with Crippen molar-refractivity contribution < 1.29 is 14.3 Å². The smallest absolute Gasteiger partial charge is 0.356 e. The van der Waals surface area contributed by atoms with Gasteiger partial charge in [-0.25, -0.2) is 4.79 Å². The molecule has 0 unspecified atom stereocenters. The lowest BCUT2D eigenvalue weighted by Crippen LogP contribution is -2.14. The molecule has 0 spiro atoms. The average molecular weight is 518 g/mol. The second-order valence-corrected chi connectivity index (χ2v) is 9.86. The SMILES string of the molecule is CCOC(=O)c1c(C#Cc2cccc3ccccc23)c2cccc3c2n1CCCCOCc1nn(C)c(C)c1-3. The van der Waals surface area contributed by atoms with Crippen molar-refractivity contribution in [2.24, 2.45) is 7.05 Å². The number of fused-ring (bicyclic) bond motifs is 3. The first-order chi connectivity index (χ1) is 19.1. The van der Waals surface area contributed by atoms with Gasteiger partial charge in [0.2, 0.25) is 0 Å². The maximum atomic E-state index is 13.6. The number of aromatic nitrogens is 3. The molecule has 0 bridgehead atoms. The molecule has 1 aliphatic rings. The van der Waals surface area contributed by atoms with Crippen LogP contribution >= 0.6 is 0 Å². The first-order valence-corrected chi connectivity index (χ1v) is 13.5. The van der Waals surface area contributed by atoms with Gasteiger partial charge in [0.25, 0.3) is 0 Å². The molecule has 6 heteroatoms. The molecule has 2 aromatic heterocycles. The zero-order chi connectivity index (χ0) is 26.9. The Hall–Kier alpha value is -4.34. The number of aryl methyl sites for hydroxylation is 2. The van der Waals surface area contributed by atoms with Gasteiger partial charge in [0.15, 0.2) is 0 Å². The van der Waals surface area contributed by atoms with E-state index in [0.717, 1.165) is 62.6 Å². The summed E-state index contributed by atoms with van der Waals surface area (Å²) >= 11 is 0. The Morgan fingerprint density at radius 1 is 1.03 bits per heavy atom. The zero-order valence-electron chi connectivity index (χ0n) is 22.6. The van der Waals surface area contributed by atoms with Crippen LogP contribution in [0.4, 0.5) is 0 Å². The molecule has 1 aliphatic heterocycles. The molecular weight excluding hydrogens is 486 g/mol. The van der Waals surface area contributed by atoms with Crippen LogP contribution in [-0.2, 0) is 29.7 Å². The van der Waals surface area contributed by atoms with Gasteiger partial charge >= 0.3 is 5.97 Å². The van der Waals surface area contributed by atoms with E-state index in [1.807, 2.05) is 49.0 Å². The number of ether oxygens (including phenoxy) is 2. The highest BCUT2D eigenvalue weighted by Crippen LogP contribution is 2.38. The quantitative estimate of drug-likeness (QED) is 0.201. The van der Waals surface area contributed by atoms with Gasteiger partial charge in [0.1, 0.15) is 5.69 Å². The molecule has 0 aliphatic carbocycles. The number of rotatable bonds is 2. The topological polar surface area (TPSA) is 58.3 Å². The van der Waals surface area contributed by atoms with Crippen LogP contribution in [0.3, 0.4) is 0 Å². The molecule has 6 rings (SSSR count). The zero-order valence-corrected chi connectivity index (χ0v) is 22.6.